The molecule has 0 fully saturated rings. The second kappa shape index (κ2) is 6.45. The lowest BCUT2D eigenvalue weighted by Crippen LogP contribution is -2.24. The van der Waals surface area contributed by atoms with Crippen molar-refractivity contribution in [2.24, 2.45) is 0 Å². The summed E-state index contributed by atoms with van der Waals surface area (Å²) in [7, 11) is 0. The molecule has 0 saturated heterocycles. The van der Waals surface area contributed by atoms with Crippen molar-refractivity contribution in [3.05, 3.63) is 69.8 Å². The largest absolute Gasteiger partial charge is 0.306 e. The zero-order chi connectivity index (χ0) is 15.6. The van der Waals surface area contributed by atoms with Gasteiger partial charge in [-0.15, -0.1) is 0 Å². The molecule has 0 amide bonds. The standard InChI is InChI=1S/C15H12ClF4N/c1-2-21-15(14-10(17)4-3-5-11(14)18)8-6-12(19)13(20)7-9(8)16/h3-7,15,21H,2H2,1H3. The molecule has 0 aliphatic rings. The van der Waals surface area contributed by atoms with E-state index in [0.29, 0.717) is 6.54 Å². The topological polar surface area (TPSA) is 12.0 Å². The lowest BCUT2D eigenvalue weighted by atomic mass is 9.97. The fraction of sp³-hybridized carbons (Fsp3) is 0.200. The lowest BCUT2D eigenvalue weighted by molar-refractivity contribution is 0.493. The Morgan fingerprint density at radius 2 is 1.57 bits per heavy atom. The highest BCUT2D eigenvalue weighted by Gasteiger charge is 2.24. The summed E-state index contributed by atoms with van der Waals surface area (Å²) in [5, 5.41) is 2.72. The van der Waals surface area contributed by atoms with Crippen molar-refractivity contribution in [2.75, 3.05) is 6.54 Å². The van der Waals surface area contributed by atoms with E-state index in [9.17, 15) is 17.6 Å². The van der Waals surface area contributed by atoms with Crippen molar-refractivity contribution < 1.29 is 17.6 Å². The van der Waals surface area contributed by atoms with E-state index >= 15 is 0 Å². The predicted octanol–water partition coefficient (Wildman–Crippen LogP) is 4.60. The van der Waals surface area contributed by atoms with E-state index in [1.54, 1.807) is 6.92 Å². The first-order valence-corrected chi connectivity index (χ1v) is 6.65. The van der Waals surface area contributed by atoms with Crippen LogP contribution in [-0.2, 0) is 0 Å². The van der Waals surface area contributed by atoms with Crippen molar-refractivity contribution in [3.63, 3.8) is 0 Å². The molecular formula is C15H12ClF4N. The summed E-state index contributed by atoms with van der Waals surface area (Å²) >= 11 is 5.89. The van der Waals surface area contributed by atoms with Gasteiger partial charge in [0, 0.05) is 10.6 Å². The molecule has 0 spiro atoms. The van der Waals surface area contributed by atoms with Gasteiger partial charge in [0.2, 0.25) is 0 Å². The maximum atomic E-state index is 13.9. The molecule has 2 rings (SSSR count). The number of nitrogens with one attached hydrogen (secondary N) is 1. The van der Waals surface area contributed by atoms with Crippen molar-refractivity contribution in [1.82, 2.24) is 5.32 Å². The van der Waals surface area contributed by atoms with Crippen LogP contribution in [0, 0.1) is 23.3 Å². The molecule has 0 aliphatic heterocycles. The molecule has 1 N–H and O–H groups in total. The van der Waals surface area contributed by atoms with Crippen molar-refractivity contribution in [3.8, 4) is 0 Å². The van der Waals surface area contributed by atoms with Crippen molar-refractivity contribution in [1.29, 1.82) is 0 Å². The molecule has 0 bridgehead atoms. The molecule has 0 radical (unpaired) electrons. The van der Waals surface area contributed by atoms with E-state index in [1.165, 1.54) is 6.07 Å². The third-order valence-corrected chi connectivity index (χ3v) is 3.37. The van der Waals surface area contributed by atoms with Gasteiger partial charge in [-0.3, -0.25) is 0 Å². The molecular weight excluding hydrogens is 306 g/mol. The van der Waals surface area contributed by atoms with E-state index in [-0.39, 0.29) is 16.1 Å². The lowest BCUT2D eigenvalue weighted by Gasteiger charge is -2.21. The molecule has 21 heavy (non-hydrogen) atoms. The van der Waals surface area contributed by atoms with Crippen LogP contribution in [0.4, 0.5) is 17.6 Å². The van der Waals surface area contributed by atoms with E-state index < -0.39 is 29.3 Å². The highest BCUT2D eigenvalue weighted by Crippen LogP contribution is 2.32. The van der Waals surface area contributed by atoms with Crippen LogP contribution in [0.3, 0.4) is 0 Å². The van der Waals surface area contributed by atoms with E-state index in [2.05, 4.69) is 5.32 Å². The Labute approximate surface area is 124 Å². The van der Waals surface area contributed by atoms with Crippen LogP contribution in [0.25, 0.3) is 0 Å². The number of hydrogen-bond donors (Lipinski definition) is 1. The Balaban J connectivity index is 2.62. The molecule has 1 nitrogen and oxygen atoms in total. The number of hydrogen-bond acceptors (Lipinski definition) is 1. The minimum atomic E-state index is -1.13. The van der Waals surface area contributed by atoms with Gasteiger partial charge in [-0.1, -0.05) is 24.6 Å². The quantitative estimate of drug-likeness (QED) is 0.642. The number of halogens is 5. The van der Waals surface area contributed by atoms with Crippen LogP contribution < -0.4 is 5.32 Å². The van der Waals surface area contributed by atoms with Gasteiger partial charge in [0.15, 0.2) is 11.6 Å². The average molecular weight is 318 g/mol. The van der Waals surface area contributed by atoms with Gasteiger partial charge in [-0.05, 0) is 36.4 Å². The van der Waals surface area contributed by atoms with Gasteiger partial charge in [-0.2, -0.15) is 0 Å². The molecule has 0 saturated carbocycles. The molecule has 1 atom stereocenters. The Hall–Kier alpha value is -1.59. The van der Waals surface area contributed by atoms with Gasteiger partial charge in [0.1, 0.15) is 11.6 Å². The first-order valence-electron chi connectivity index (χ1n) is 6.27. The SMILES string of the molecule is CCNC(c1cc(F)c(F)cc1Cl)c1c(F)cccc1F. The van der Waals surface area contributed by atoms with Crippen LogP contribution in [-0.4, -0.2) is 6.54 Å². The maximum absolute atomic E-state index is 13.9. The van der Waals surface area contributed by atoms with Crippen LogP contribution in [0.1, 0.15) is 24.1 Å². The summed E-state index contributed by atoms with van der Waals surface area (Å²) in [6.45, 7) is 2.08. The predicted molar refractivity (Wildman–Crippen MR) is 73.2 cm³/mol. The molecule has 2 aromatic rings. The average Bonchev–Trinajstić information content (AvgIpc) is 2.42. The summed E-state index contributed by atoms with van der Waals surface area (Å²) in [6, 6.07) is 4.03. The fourth-order valence-corrected chi connectivity index (χ4v) is 2.38. The minimum absolute atomic E-state index is 0.0708. The molecule has 0 aromatic heterocycles. The van der Waals surface area contributed by atoms with Gasteiger partial charge >= 0.3 is 0 Å². The molecule has 6 heteroatoms. The van der Waals surface area contributed by atoms with Crippen LogP contribution in [0.2, 0.25) is 5.02 Å². The van der Waals surface area contributed by atoms with Gasteiger partial charge in [0.25, 0.3) is 0 Å². The summed E-state index contributed by atoms with van der Waals surface area (Å²) in [6.07, 6.45) is 0. The van der Waals surface area contributed by atoms with E-state index in [1.807, 2.05) is 0 Å². The minimum Gasteiger partial charge on any atom is -0.306 e. The van der Waals surface area contributed by atoms with Crippen LogP contribution >= 0.6 is 11.6 Å². The molecule has 0 heterocycles. The normalized spacial score (nSPS) is 12.5. The Morgan fingerprint density at radius 1 is 1.00 bits per heavy atom. The summed E-state index contributed by atoms with van der Waals surface area (Å²) in [5.41, 5.74) is -0.214. The van der Waals surface area contributed by atoms with Gasteiger partial charge < -0.3 is 5.32 Å². The third kappa shape index (κ3) is 3.19. The van der Waals surface area contributed by atoms with Crippen molar-refractivity contribution >= 4 is 11.6 Å². The maximum Gasteiger partial charge on any atom is 0.160 e. The van der Waals surface area contributed by atoms with Crippen molar-refractivity contribution in [2.45, 2.75) is 13.0 Å². The molecule has 1 unspecified atom stereocenters. The first kappa shape index (κ1) is 15.8. The summed E-state index contributed by atoms with van der Waals surface area (Å²) in [5.74, 6) is -3.83. The zero-order valence-corrected chi connectivity index (χ0v) is 11.8. The van der Waals surface area contributed by atoms with E-state index in [4.69, 9.17) is 11.6 Å². The van der Waals surface area contributed by atoms with Gasteiger partial charge in [-0.25, -0.2) is 17.6 Å². The molecule has 112 valence electrons. The zero-order valence-electron chi connectivity index (χ0n) is 11.1. The first-order chi connectivity index (χ1) is 9.95. The monoisotopic (exact) mass is 317 g/mol. The fourth-order valence-electron chi connectivity index (χ4n) is 2.12. The summed E-state index contributed by atoms with van der Waals surface area (Å²) in [4.78, 5) is 0. The number of benzene rings is 2. The highest BCUT2D eigenvalue weighted by molar-refractivity contribution is 6.31. The Bertz CT molecular complexity index is 640. The molecule has 0 aliphatic carbocycles. The Kier molecular flexibility index (Phi) is 4.85. The summed E-state index contributed by atoms with van der Waals surface area (Å²) < 4.78 is 54.4. The smallest absolute Gasteiger partial charge is 0.160 e. The van der Waals surface area contributed by atoms with E-state index in [0.717, 1.165) is 24.3 Å². The second-order valence-electron chi connectivity index (χ2n) is 4.41. The third-order valence-electron chi connectivity index (χ3n) is 3.05. The molecule has 2 aromatic carbocycles. The van der Waals surface area contributed by atoms with Gasteiger partial charge in [0.05, 0.1) is 6.04 Å². The Morgan fingerprint density at radius 3 is 2.14 bits per heavy atom. The highest BCUT2D eigenvalue weighted by atomic mass is 35.5. The van der Waals surface area contributed by atoms with Crippen LogP contribution in [0.5, 0.6) is 0 Å². The van der Waals surface area contributed by atoms with Crippen LogP contribution in [0.15, 0.2) is 30.3 Å². The number of rotatable bonds is 4. The second-order valence-corrected chi connectivity index (χ2v) is 4.82.